The van der Waals surface area contributed by atoms with Gasteiger partial charge in [-0.25, -0.2) is 0 Å². The van der Waals surface area contributed by atoms with E-state index in [9.17, 15) is 18.0 Å². The molecule has 1 fully saturated rings. The molecule has 0 unspecified atom stereocenters. The Hall–Kier alpha value is -2.38. The molecule has 28 heavy (non-hydrogen) atoms. The van der Waals surface area contributed by atoms with E-state index >= 15 is 0 Å². The zero-order valence-corrected chi connectivity index (χ0v) is 16.0. The second-order valence-corrected chi connectivity index (χ2v) is 7.99. The molecule has 2 aromatic rings. The highest BCUT2D eigenvalue weighted by Crippen LogP contribution is 2.42. The van der Waals surface area contributed by atoms with Crippen LogP contribution in [-0.4, -0.2) is 28.8 Å². The van der Waals surface area contributed by atoms with E-state index in [4.69, 9.17) is 4.52 Å². The summed E-state index contributed by atoms with van der Waals surface area (Å²) in [6.07, 6.45) is -2.13. The Labute approximate surface area is 161 Å². The Morgan fingerprint density at radius 1 is 1.29 bits per heavy atom. The summed E-state index contributed by atoms with van der Waals surface area (Å²) >= 11 is 0. The highest BCUT2D eigenvalue weighted by molar-refractivity contribution is 5.94. The van der Waals surface area contributed by atoms with Crippen molar-refractivity contribution in [3.05, 3.63) is 35.7 Å². The van der Waals surface area contributed by atoms with Crippen LogP contribution in [0, 0.1) is 11.3 Å². The fourth-order valence-electron chi connectivity index (χ4n) is 3.59. The molecule has 0 saturated heterocycles. The van der Waals surface area contributed by atoms with Gasteiger partial charge in [-0.05, 0) is 36.3 Å². The number of alkyl halides is 3. The molecule has 1 aliphatic carbocycles. The van der Waals surface area contributed by atoms with Gasteiger partial charge < -0.3 is 9.84 Å². The number of amides is 1. The predicted octanol–water partition coefficient (Wildman–Crippen LogP) is 4.79. The van der Waals surface area contributed by atoms with Crippen LogP contribution in [0.15, 0.2) is 28.8 Å². The molecule has 1 atom stereocenters. The monoisotopic (exact) mass is 395 g/mol. The van der Waals surface area contributed by atoms with Crippen molar-refractivity contribution in [2.45, 2.75) is 52.1 Å². The molecule has 8 heteroatoms. The van der Waals surface area contributed by atoms with E-state index in [1.165, 1.54) is 12.8 Å². The van der Waals surface area contributed by atoms with Crippen LogP contribution in [-0.2, 0) is 6.42 Å². The molecule has 1 aliphatic rings. The molecular formula is C20H24F3N3O2. The zero-order valence-electron chi connectivity index (χ0n) is 16.0. The Morgan fingerprint density at radius 2 is 2.00 bits per heavy atom. The summed E-state index contributed by atoms with van der Waals surface area (Å²) in [4.78, 5) is 16.4. The number of aromatic nitrogens is 2. The van der Waals surface area contributed by atoms with Crippen molar-refractivity contribution in [2.24, 2.45) is 11.3 Å². The molecule has 5 nitrogen and oxygen atoms in total. The van der Waals surface area contributed by atoms with E-state index in [1.807, 2.05) is 0 Å². The SMILES string of the molecule is CC1(C)CCC[C@@H]1CNC(=O)c1ccc(-c2noc(CCC(F)(F)F)n2)cc1. The Morgan fingerprint density at radius 3 is 2.61 bits per heavy atom. The van der Waals surface area contributed by atoms with E-state index < -0.39 is 12.6 Å². The maximum absolute atomic E-state index is 12.4. The van der Waals surface area contributed by atoms with Gasteiger partial charge in [0.1, 0.15) is 0 Å². The molecule has 1 aromatic carbocycles. The largest absolute Gasteiger partial charge is 0.389 e. The lowest BCUT2D eigenvalue weighted by molar-refractivity contribution is -0.134. The maximum atomic E-state index is 12.4. The number of nitrogens with one attached hydrogen (secondary N) is 1. The zero-order chi connectivity index (χ0) is 20.4. The molecule has 1 saturated carbocycles. The van der Waals surface area contributed by atoms with Crippen LogP contribution in [0.1, 0.15) is 55.8 Å². The minimum atomic E-state index is -4.27. The summed E-state index contributed by atoms with van der Waals surface area (Å²) in [6.45, 7) is 5.12. The van der Waals surface area contributed by atoms with Gasteiger partial charge in [-0.1, -0.05) is 37.6 Å². The summed E-state index contributed by atoms with van der Waals surface area (Å²) in [6, 6.07) is 6.62. The number of aryl methyl sites for hydroxylation is 1. The number of nitrogens with zero attached hydrogens (tertiary/aromatic N) is 2. The van der Waals surface area contributed by atoms with Crippen molar-refractivity contribution in [1.82, 2.24) is 15.5 Å². The van der Waals surface area contributed by atoms with Crippen LogP contribution in [0.4, 0.5) is 13.2 Å². The average Bonchev–Trinajstić information content (AvgIpc) is 3.23. The van der Waals surface area contributed by atoms with E-state index in [0.29, 0.717) is 23.6 Å². The second-order valence-electron chi connectivity index (χ2n) is 7.99. The summed E-state index contributed by atoms with van der Waals surface area (Å²) in [5.74, 6) is 0.476. The Balaban J connectivity index is 1.57. The van der Waals surface area contributed by atoms with Crippen molar-refractivity contribution in [3.63, 3.8) is 0 Å². The van der Waals surface area contributed by atoms with Crippen molar-refractivity contribution in [1.29, 1.82) is 0 Å². The van der Waals surface area contributed by atoms with Gasteiger partial charge in [0.2, 0.25) is 11.7 Å². The Kier molecular flexibility index (Phi) is 5.76. The smallest absolute Gasteiger partial charge is 0.352 e. The predicted molar refractivity (Wildman–Crippen MR) is 97.6 cm³/mol. The highest BCUT2D eigenvalue weighted by Gasteiger charge is 2.34. The molecule has 1 heterocycles. The molecule has 0 spiro atoms. The molecule has 3 rings (SSSR count). The van der Waals surface area contributed by atoms with Crippen molar-refractivity contribution >= 4 is 5.91 Å². The normalized spacial score (nSPS) is 19.0. The fraction of sp³-hybridized carbons (Fsp3) is 0.550. The first-order valence-electron chi connectivity index (χ1n) is 9.42. The molecule has 1 amide bonds. The standard InChI is InChI=1S/C20H24F3N3O2/c1-19(2)10-3-4-15(19)12-24-18(27)14-7-5-13(6-8-14)17-25-16(28-26-17)9-11-20(21,22)23/h5-8,15H,3-4,9-12H2,1-2H3,(H,24,27)/t15-/m1/s1. The highest BCUT2D eigenvalue weighted by atomic mass is 19.4. The topological polar surface area (TPSA) is 68.0 Å². The molecule has 0 bridgehead atoms. The lowest BCUT2D eigenvalue weighted by Crippen LogP contribution is -2.33. The number of hydrogen-bond donors (Lipinski definition) is 1. The van der Waals surface area contributed by atoms with Crippen LogP contribution in [0.2, 0.25) is 0 Å². The first-order valence-corrected chi connectivity index (χ1v) is 9.42. The number of carbonyl (C=O) groups is 1. The first kappa shape index (κ1) is 20.4. The summed E-state index contributed by atoms with van der Waals surface area (Å²) in [5.41, 5.74) is 1.34. The first-order chi connectivity index (χ1) is 13.1. The van der Waals surface area contributed by atoms with Gasteiger partial charge in [-0.15, -0.1) is 0 Å². The number of rotatable bonds is 6. The number of hydrogen-bond acceptors (Lipinski definition) is 4. The lowest BCUT2D eigenvalue weighted by atomic mass is 9.82. The van der Waals surface area contributed by atoms with Gasteiger partial charge in [0.05, 0.1) is 6.42 Å². The summed E-state index contributed by atoms with van der Waals surface area (Å²) in [7, 11) is 0. The molecule has 152 valence electrons. The van der Waals surface area contributed by atoms with Gasteiger partial charge in [-0.3, -0.25) is 4.79 Å². The van der Waals surface area contributed by atoms with Gasteiger partial charge in [0.25, 0.3) is 5.91 Å². The van der Waals surface area contributed by atoms with Crippen LogP contribution < -0.4 is 5.32 Å². The van der Waals surface area contributed by atoms with Gasteiger partial charge in [0, 0.05) is 24.1 Å². The van der Waals surface area contributed by atoms with Crippen LogP contribution in [0.25, 0.3) is 11.4 Å². The summed E-state index contributed by atoms with van der Waals surface area (Å²) in [5, 5.41) is 6.71. The Bertz CT molecular complexity index is 813. The minimum absolute atomic E-state index is 0.0617. The van der Waals surface area contributed by atoms with Crippen molar-refractivity contribution in [3.8, 4) is 11.4 Å². The lowest BCUT2D eigenvalue weighted by Gasteiger charge is -2.27. The van der Waals surface area contributed by atoms with E-state index in [2.05, 4.69) is 29.3 Å². The van der Waals surface area contributed by atoms with Crippen LogP contribution >= 0.6 is 0 Å². The van der Waals surface area contributed by atoms with Crippen molar-refractivity contribution in [2.75, 3.05) is 6.54 Å². The third-order valence-electron chi connectivity index (χ3n) is 5.48. The molecule has 1 N–H and O–H groups in total. The van der Waals surface area contributed by atoms with Gasteiger partial charge in [0.15, 0.2) is 0 Å². The molecule has 0 aliphatic heterocycles. The number of carbonyl (C=O) groups excluding carboxylic acids is 1. The van der Waals surface area contributed by atoms with Crippen LogP contribution in [0.5, 0.6) is 0 Å². The molecule has 1 aromatic heterocycles. The summed E-state index contributed by atoms with van der Waals surface area (Å²) < 4.78 is 41.7. The third-order valence-corrected chi connectivity index (χ3v) is 5.48. The average molecular weight is 395 g/mol. The van der Waals surface area contributed by atoms with E-state index in [1.54, 1.807) is 24.3 Å². The quantitative estimate of drug-likeness (QED) is 0.764. The van der Waals surface area contributed by atoms with E-state index in [0.717, 1.165) is 6.42 Å². The van der Waals surface area contributed by atoms with Crippen molar-refractivity contribution < 1.29 is 22.5 Å². The fourth-order valence-corrected chi connectivity index (χ4v) is 3.59. The van der Waals surface area contributed by atoms with Gasteiger partial charge >= 0.3 is 6.18 Å². The third kappa shape index (κ3) is 5.11. The number of benzene rings is 1. The maximum Gasteiger partial charge on any atom is 0.389 e. The molecule has 0 radical (unpaired) electrons. The minimum Gasteiger partial charge on any atom is -0.352 e. The second kappa shape index (κ2) is 7.93. The van der Waals surface area contributed by atoms with Crippen LogP contribution in [0.3, 0.4) is 0 Å². The number of halogens is 3. The van der Waals surface area contributed by atoms with Gasteiger partial charge in [-0.2, -0.15) is 18.2 Å². The van der Waals surface area contributed by atoms with E-state index in [-0.39, 0.29) is 29.5 Å². The molecular weight excluding hydrogens is 371 g/mol.